The Morgan fingerprint density at radius 1 is 1.08 bits per heavy atom. The molecule has 1 saturated heterocycles. The summed E-state index contributed by atoms with van der Waals surface area (Å²) >= 11 is 0. The summed E-state index contributed by atoms with van der Waals surface area (Å²) in [4.78, 5) is 5.83. The highest BCUT2D eigenvalue weighted by Crippen LogP contribution is 2.17. The van der Waals surface area contributed by atoms with Gasteiger partial charge in [0, 0.05) is 0 Å². The fourth-order valence-corrected chi connectivity index (χ4v) is 4.63. The maximum atomic E-state index is 13.0. The first kappa shape index (κ1) is 17.1. The van der Waals surface area contributed by atoms with E-state index in [9.17, 15) is 12.8 Å². The molecule has 0 saturated carbocycles. The molecule has 26 heavy (non-hydrogen) atoms. The Morgan fingerprint density at radius 2 is 1.77 bits per heavy atom. The summed E-state index contributed by atoms with van der Waals surface area (Å²) in [6.07, 6.45) is 0. The number of piperazine rings is 1. The lowest BCUT2D eigenvalue weighted by atomic mass is 10.3. The Kier molecular flexibility index (Phi) is 4.47. The molecule has 0 spiro atoms. The quantitative estimate of drug-likeness (QED) is 0.739. The van der Waals surface area contributed by atoms with Crippen LogP contribution in [0.15, 0.2) is 57.8 Å². The van der Waals surface area contributed by atoms with E-state index in [1.165, 1.54) is 33.5 Å². The van der Waals surface area contributed by atoms with E-state index >= 15 is 0 Å². The minimum Gasteiger partial charge on any atom is -0.435 e. The van der Waals surface area contributed by atoms with E-state index in [-0.39, 0.29) is 4.90 Å². The van der Waals surface area contributed by atoms with E-state index in [4.69, 9.17) is 4.42 Å². The molecule has 136 valence electrons. The summed E-state index contributed by atoms with van der Waals surface area (Å²) in [6.45, 7) is 2.78. The molecule has 0 bridgehead atoms. The van der Waals surface area contributed by atoms with E-state index in [1.54, 1.807) is 0 Å². The lowest BCUT2D eigenvalue weighted by molar-refractivity contribution is -0.918. The van der Waals surface area contributed by atoms with E-state index in [0.29, 0.717) is 38.6 Å². The number of hydrogen-bond donors (Lipinski definition) is 1. The summed E-state index contributed by atoms with van der Waals surface area (Å²) in [5, 5.41) is 0. The SMILES string of the molecule is O=S(=O)(c1ccc(F)cc1)N1CC[NH+](Cc2nc3ccccc3o2)CC1. The third kappa shape index (κ3) is 3.35. The number of hydrogen-bond acceptors (Lipinski definition) is 4. The normalized spacial score (nSPS) is 17.0. The monoisotopic (exact) mass is 376 g/mol. The Hall–Kier alpha value is -2.29. The summed E-state index contributed by atoms with van der Waals surface area (Å²) < 4.78 is 45.5. The van der Waals surface area contributed by atoms with Crippen LogP contribution in [0.2, 0.25) is 0 Å². The molecule has 0 amide bonds. The van der Waals surface area contributed by atoms with Crippen molar-refractivity contribution in [1.82, 2.24) is 9.29 Å². The van der Waals surface area contributed by atoms with E-state index in [1.807, 2.05) is 24.3 Å². The zero-order valence-electron chi connectivity index (χ0n) is 14.1. The maximum Gasteiger partial charge on any atom is 0.251 e. The van der Waals surface area contributed by atoms with Crippen LogP contribution in [0.4, 0.5) is 4.39 Å². The van der Waals surface area contributed by atoms with Crippen molar-refractivity contribution in [3.05, 3.63) is 60.2 Å². The molecule has 2 aromatic carbocycles. The van der Waals surface area contributed by atoms with Crippen molar-refractivity contribution in [1.29, 1.82) is 0 Å². The van der Waals surface area contributed by atoms with Crippen LogP contribution in [0.5, 0.6) is 0 Å². The molecule has 1 aromatic heterocycles. The van der Waals surface area contributed by atoms with Gasteiger partial charge in [-0.15, -0.1) is 0 Å². The molecule has 2 heterocycles. The standard InChI is InChI=1S/C18H18FN3O3S/c19-14-5-7-15(8-6-14)26(23,24)22-11-9-21(10-12-22)13-18-20-16-3-1-2-4-17(16)25-18/h1-8H,9-13H2/p+1. The van der Waals surface area contributed by atoms with Gasteiger partial charge in [-0.05, 0) is 36.4 Å². The first-order valence-electron chi connectivity index (χ1n) is 8.46. The second-order valence-corrected chi connectivity index (χ2v) is 8.30. The van der Waals surface area contributed by atoms with Gasteiger partial charge in [0.25, 0.3) is 5.89 Å². The fourth-order valence-electron chi connectivity index (χ4n) is 3.18. The largest absolute Gasteiger partial charge is 0.435 e. The van der Waals surface area contributed by atoms with Gasteiger partial charge in [-0.2, -0.15) is 4.31 Å². The predicted molar refractivity (Wildman–Crippen MR) is 93.6 cm³/mol. The molecule has 8 heteroatoms. The molecular weight excluding hydrogens is 357 g/mol. The Balaban J connectivity index is 1.41. The van der Waals surface area contributed by atoms with Crippen LogP contribution < -0.4 is 4.90 Å². The number of nitrogens with zero attached hydrogens (tertiary/aromatic N) is 2. The molecule has 0 unspecified atom stereocenters. The third-order valence-corrected chi connectivity index (χ3v) is 6.53. The second kappa shape index (κ2) is 6.79. The molecule has 4 rings (SSSR count). The first-order valence-corrected chi connectivity index (χ1v) is 9.90. The van der Waals surface area contributed by atoms with Crippen molar-refractivity contribution < 1.29 is 22.1 Å². The van der Waals surface area contributed by atoms with E-state index < -0.39 is 15.8 Å². The fraction of sp³-hybridized carbons (Fsp3) is 0.278. The summed E-state index contributed by atoms with van der Waals surface area (Å²) in [5.74, 6) is 0.215. The van der Waals surface area contributed by atoms with Gasteiger partial charge in [0.15, 0.2) is 12.1 Å². The Morgan fingerprint density at radius 3 is 2.46 bits per heavy atom. The van der Waals surface area contributed by atoms with E-state index in [0.717, 1.165) is 11.1 Å². The summed E-state index contributed by atoms with van der Waals surface area (Å²) in [7, 11) is -3.58. The van der Waals surface area contributed by atoms with Crippen molar-refractivity contribution in [2.45, 2.75) is 11.4 Å². The number of rotatable bonds is 4. The maximum absolute atomic E-state index is 13.0. The van der Waals surface area contributed by atoms with Crippen LogP contribution in [0, 0.1) is 5.82 Å². The molecule has 1 aliphatic heterocycles. The second-order valence-electron chi connectivity index (χ2n) is 6.36. The van der Waals surface area contributed by atoms with Gasteiger partial charge < -0.3 is 9.32 Å². The van der Waals surface area contributed by atoms with Crippen LogP contribution in [0.1, 0.15) is 5.89 Å². The molecule has 0 aliphatic carbocycles. The summed E-state index contributed by atoms with van der Waals surface area (Å²) in [6, 6.07) is 12.6. The van der Waals surface area contributed by atoms with Gasteiger partial charge in [0.1, 0.15) is 11.3 Å². The summed E-state index contributed by atoms with van der Waals surface area (Å²) in [5.41, 5.74) is 1.60. The van der Waals surface area contributed by atoms with Crippen LogP contribution >= 0.6 is 0 Å². The molecule has 1 aliphatic rings. The van der Waals surface area contributed by atoms with Gasteiger partial charge >= 0.3 is 0 Å². The average molecular weight is 376 g/mol. The lowest BCUT2D eigenvalue weighted by Crippen LogP contribution is -3.13. The van der Waals surface area contributed by atoms with Gasteiger partial charge in [0.05, 0.1) is 31.1 Å². The van der Waals surface area contributed by atoms with Crippen molar-refractivity contribution in [3.8, 4) is 0 Å². The van der Waals surface area contributed by atoms with Crippen molar-refractivity contribution in [3.63, 3.8) is 0 Å². The highest BCUT2D eigenvalue weighted by molar-refractivity contribution is 7.89. The smallest absolute Gasteiger partial charge is 0.251 e. The molecule has 6 nitrogen and oxygen atoms in total. The van der Waals surface area contributed by atoms with Crippen LogP contribution in [-0.2, 0) is 16.6 Å². The van der Waals surface area contributed by atoms with Gasteiger partial charge in [-0.1, -0.05) is 12.1 Å². The Bertz CT molecular complexity index is 977. The molecule has 3 aromatic rings. The third-order valence-electron chi connectivity index (χ3n) is 4.62. The van der Waals surface area contributed by atoms with Crippen molar-refractivity contribution >= 4 is 21.1 Å². The number of sulfonamides is 1. The number of benzene rings is 2. The van der Waals surface area contributed by atoms with Crippen molar-refractivity contribution in [2.24, 2.45) is 0 Å². The molecular formula is C18H19FN3O3S+. The highest BCUT2D eigenvalue weighted by atomic mass is 32.2. The van der Waals surface area contributed by atoms with E-state index in [2.05, 4.69) is 4.98 Å². The number of halogens is 1. The van der Waals surface area contributed by atoms with Gasteiger partial charge in [-0.25, -0.2) is 17.8 Å². The minimum absolute atomic E-state index is 0.126. The molecule has 0 atom stereocenters. The number of nitrogens with one attached hydrogen (secondary N) is 1. The van der Waals surface area contributed by atoms with Crippen molar-refractivity contribution in [2.75, 3.05) is 26.2 Å². The number of para-hydroxylation sites is 2. The highest BCUT2D eigenvalue weighted by Gasteiger charge is 2.31. The number of fused-ring (bicyclic) bond motifs is 1. The topological polar surface area (TPSA) is 67.8 Å². The van der Waals surface area contributed by atoms with Gasteiger partial charge in [0.2, 0.25) is 10.0 Å². The zero-order valence-corrected chi connectivity index (χ0v) is 14.9. The predicted octanol–water partition coefficient (Wildman–Crippen LogP) is 1.06. The lowest BCUT2D eigenvalue weighted by Gasteiger charge is -2.30. The van der Waals surface area contributed by atoms with Gasteiger partial charge in [-0.3, -0.25) is 0 Å². The van der Waals surface area contributed by atoms with Crippen LogP contribution in [0.3, 0.4) is 0 Å². The first-order chi connectivity index (χ1) is 12.5. The minimum atomic E-state index is -3.58. The molecule has 1 fully saturated rings. The van der Waals surface area contributed by atoms with Crippen LogP contribution in [-0.4, -0.2) is 43.9 Å². The van der Waals surface area contributed by atoms with Crippen LogP contribution in [0.25, 0.3) is 11.1 Å². The number of aromatic nitrogens is 1. The Labute approximate surface area is 150 Å². The zero-order chi connectivity index (χ0) is 18.1. The average Bonchev–Trinajstić information content (AvgIpc) is 3.05. The number of quaternary nitrogens is 1. The number of oxazole rings is 1. The molecule has 0 radical (unpaired) electrons. The molecule has 1 N–H and O–H groups in total.